The molecule has 1 rings (SSSR count). The summed E-state index contributed by atoms with van der Waals surface area (Å²) in [6.07, 6.45) is 0.0287. The number of hydrogen-bond donors (Lipinski definition) is 0. The maximum Gasteiger partial charge on any atom is 0.253 e. The lowest BCUT2D eigenvalue weighted by Gasteiger charge is -2.37. The molecular weight excluding hydrogens is 196 g/mol. The van der Waals surface area contributed by atoms with Crippen LogP contribution in [0.2, 0.25) is 0 Å². The van der Waals surface area contributed by atoms with Crippen LogP contribution in [0.15, 0.2) is 0 Å². The molecule has 1 fully saturated rings. The van der Waals surface area contributed by atoms with Gasteiger partial charge in [0, 0.05) is 32.0 Å². The van der Waals surface area contributed by atoms with Gasteiger partial charge in [-0.15, -0.1) is 0 Å². The van der Waals surface area contributed by atoms with E-state index in [1.54, 1.807) is 6.92 Å². The monoisotopic (exact) mass is 221 g/mol. The molecule has 0 aliphatic carbocycles. The van der Waals surface area contributed by atoms with Gasteiger partial charge in [-0.1, -0.05) is 34.6 Å². The number of halogens is 2. The van der Waals surface area contributed by atoms with Gasteiger partial charge in [-0.05, 0) is 5.92 Å². The molecular formula is C12H25F2N. The second-order valence-electron chi connectivity index (χ2n) is 4.57. The zero-order valence-electron chi connectivity index (χ0n) is 10.7. The summed E-state index contributed by atoms with van der Waals surface area (Å²) in [7, 11) is 0. The number of likely N-dealkylation sites (tertiary alicyclic amines) is 1. The highest BCUT2D eigenvalue weighted by Crippen LogP contribution is 2.32. The van der Waals surface area contributed by atoms with Crippen LogP contribution in [-0.2, 0) is 0 Å². The third kappa shape index (κ3) is 4.92. The van der Waals surface area contributed by atoms with Crippen LogP contribution in [0.3, 0.4) is 0 Å². The van der Waals surface area contributed by atoms with E-state index in [1.165, 1.54) is 0 Å². The van der Waals surface area contributed by atoms with E-state index < -0.39 is 11.8 Å². The maximum atomic E-state index is 13.1. The zero-order valence-corrected chi connectivity index (χ0v) is 10.7. The van der Waals surface area contributed by atoms with Gasteiger partial charge in [0.25, 0.3) is 5.92 Å². The van der Waals surface area contributed by atoms with Crippen LogP contribution in [0.25, 0.3) is 0 Å². The molecule has 1 aliphatic rings. The molecule has 1 unspecified atom stereocenters. The minimum Gasteiger partial charge on any atom is -0.302 e. The molecule has 0 N–H and O–H groups in total. The Morgan fingerprint density at radius 2 is 1.87 bits per heavy atom. The Kier molecular flexibility index (Phi) is 6.34. The molecule has 0 aromatic rings. The van der Waals surface area contributed by atoms with Crippen molar-refractivity contribution < 1.29 is 8.78 Å². The predicted molar refractivity (Wildman–Crippen MR) is 61.4 cm³/mol. The van der Waals surface area contributed by atoms with E-state index in [9.17, 15) is 8.78 Å². The lowest BCUT2D eigenvalue weighted by molar-refractivity contribution is -0.100. The van der Waals surface area contributed by atoms with Crippen molar-refractivity contribution in [2.24, 2.45) is 11.8 Å². The first-order valence-corrected chi connectivity index (χ1v) is 6.02. The van der Waals surface area contributed by atoms with Crippen molar-refractivity contribution in [1.82, 2.24) is 4.90 Å². The van der Waals surface area contributed by atoms with Gasteiger partial charge in [-0.2, -0.15) is 0 Å². The van der Waals surface area contributed by atoms with Crippen LogP contribution in [-0.4, -0.2) is 30.5 Å². The van der Waals surface area contributed by atoms with E-state index >= 15 is 0 Å². The number of alkyl halides is 2. The third-order valence-corrected chi connectivity index (χ3v) is 2.64. The molecule has 1 saturated heterocycles. The summed E-state index contributed by atoms with van der Waals surface area (Å²) in [6.45, 7) is 11.9. The SMILES string of the molecule is CC.CC(C)CN1CCC(F)(F)C(C)C1. The summed E-state index contributed by atoms with van der Waals surface area (Å²) in [5, 5.41) is 0. The maximum absolute atomic E-state index is 13.1. The summed E-state index contributed by atoms with van der Waals surface area (Å²) in [5.41, 5.74) is 0. The smallest absolute Gasteiger partial charge is 0.253 e. The summed E-state index contributed by atoms with van der Waals surface area (Å²) in [5.74, 6) is -2.35. The van der Waals surface area contributed by atoms with Gasteiger partial charge in [0.15, 0.2) is 0 Å². The van der Waals surface area contributed by atoms with Crippen LogP contribution >= 0.6 is 0 Å². The Morgan fingerprint density at radius 1 is 1.33 bits per heavy atom. The Morgan fingerprint density at radius 3 is 2.27 bits per heavy atom. The molecule has 1 heterocycles. The van der Waals surface area contributed by atoms with Gasteiger partial charge >= 0.3 is 0 Å². The van der Waals surface area contributed by atoms with E-state index in [0.29, 0.717) is 19.0 Å². The highest BCUT2D eigenvalue weighted by molar-refractivity contribution is 4.83. The van der Waals surface area contributed by atoms with Crippen molar-refractivity contribution in [3.8, 4) is 0 Å². The van der Waals surface area contributed by atoms with Crippen molar-refractivity contribution in [2.45, 2.75) is 47.0 Å². The van der Waals surface area contributed by atoms with Gasteiger partial charge in [-0.3, -0.25) is 0 Å². The molecule has 0 amide bonds. The first kappa shape index (κ1) is 14.8. The van der Waals surface area contributed by atoms with Crippen LogP contribution in [0.4, 0.5) is 8.78 Å². The number of piperidine rings is 1. The Hall–Kier alpha value is -0.180. The molecule has 0 aromatic heterocycles. The minimum atomic E-state index is -2.44. The average molecular weight is 221 g/mol. The van der Waals surface area contributed by atoms with E-state index in [-0.39, 0.29) is 6.42 Å². The molecule has 3 heteroatoms. The molecule has 0 bridgehead atoms. The summed E-state index contributed by atoms with van der Waals surface area (Å²) in [6, 6.07) is 0. The standard InChI is InChI=1S/C10H19F2N.C2H6/c1-8(2)6-13-5-4-10(11,12)9(3)7-13;1-2/h8-9H,4-7H2,1-3H3;1-2H3. The molecule has 0 aromatic carbocycles. The van der Waals surface area contributed by atoms with Gasteiger partial charge in [0.2, 0.25) is 0 Å². The largest absolute Gasteiger partial charge is 0.302 e. The highest BCUT2D eigenvalue weighted by atomic mass is 19.3. The van der Waals surface area contributed by atoms with Gasteiger partial charge in [0.1, 0.15) is 0 Å². The summed E-state index contributed by atoms with van der Waals surface area (Å²) in [4.78, 5) is 2.15. The molecule has 1 atom stereocenters. The Labute approximate surface area is 92.8 Å². The lowest BCUT2D eigenvalue weighted by atomic mass is 9.95. The summed E-state index contributed by atoms with van der Waals surface area (Å²) < 4.78 is 26.2. The average Bonchev–Trinajstić information content (AvgIpc) is 2.15. The van der Waals surface area contributed by atoms with Crippen LogP contribution in [0.5, 0.6) is 0 Å². The molecule has 1 aliphatic heterocycles. The van der Waals surface area contributed by atoms with E-state index in [4.69, 9.17) is 0 Å². The second kappa shape index (κ2) is 6.41. The quantitative estimate of drug-likeness (QED) is 0.688. The number of nitrogens with zero attached hydrogens (tertiary/aromatic N) is 1. The highest BCUT2D eigenvalue weighted by Gasteiger charge is 2.40. The fourth-order valence-corrected chi connectivity index (χ4v) is 1.85. The van der Waals surface area contributed by atoms with Crippen molar-refractivity contribution >= 4 is 0 Å². The summed E-state index contributed by atoms with van der Waals surface area (Å²) >= 11 is 0. The van der Waals surface area contributed by atoms with Crippen molar-refractivity contribution in [2.75, 3.05) is 19.6 Å². The molecule has 1 nitrogen and oxygen atoms in total. The van der Waals surface area contributed by atoms with Gasteiger partial charge < -0.3 is 4.90 Å². The lowest BCUT2D eigenvalue weighted by Crippen LogP contribution is -2.46. The topological polar surface area (TPSA) is 3.24 Å². The van der Waals surface area contributed by atoms with Crippen molar-refractivity contribution in [3.05, 3.63) is 0 Å². The fraction of sp³-hybridized carbons (Fsp3) is 1.00. The number of hydrogen-bond acceptors (Lipinski definition) is 1. The Bertz CT molecular complexity index is 169. The van der Waals surface area contributed by atoms with Crippen LogP contribution < -0.4 is 0 Å². The van der Waals surface area contributed by atoms with Crippen LogP contribution in [0.1, 0.15) is 41.0 Å². The first-order chi connectivity index (χ1) is 6.92. The minimum absolute atomic E-state index is 0.0287. The predicted octanol–water partition coefficient (Wildman–Crippen LogP) is 3.65. The Balaban J connectivity index is 0.000000921. The number of rotatable bonds is 2. The normalized spacial score (nSPS) is 26.0. The van der Waals surface area contributed by atoms with Gasteiger partial charge in [-0.25, -0.2) is 8.78 Å². The molecule has 92 valence electrons. The van der Waals surface area contributed by atoms with Crippen molar-refractivity contribution in [1.29, 1.82) is 0 Å². The zero-order chi connectivity index (χ0) is 12.1. The fourth-order valence-electron chi connectivity index (χ4n) is 1.85. The van der Waals surface area contributed by atoms with E-state index in [2.05, 4.69) is 18.7 Å². The van der Waals surface area contributed by atoms with E-state index in [0.717, 1.165) is 6.54 Å². The molecule has 0 spiro atoms. The van der Waals surface area contributed by atoms with E-state index in [1.807, 2.05) is 13.8 Å². The third-order valence-electron chi connectivity index (χ3n) is 2.64. The molecule has 15 heavy (non-hydrogen) atoms. The van der Waals surface area contributed by atoms with Gasteiger partial charge in [0.05, 0.1) is 0 Å². The second-order valence-corrected chi connectivity index (χ2v) is 4.57. The molecule has 0 saturated carbocycles. The first-order valence-electron chi connectivity index (χ1n) is 6.02. The molecule has 0 radical (unpaired) electrons. The van der Waals surface area contributed by atoms with Crippen LogP contribution in [0, 0.1) is 11.8 Å². The van der Waals surface area contributed by atoms with Crippen molar-refractivity contribution in [3.63, 3.8) is 0 Å².